The van der Waals surface area contributed by atoms with Crippen LogP contribution < -0.4 is 0 Å². The largest absolute Gasteiger partial charge is 0.459 e. The van der Waals surface area contributed by atoms with Crippen molar-refractivity contribution in [2.75, 3.05) is 13.2 Å². The maximum absolute atomic E-state index is 12.1. The molecule has 0 saturated carbocycles. The van der Waals surface area contributed by atoms with Crippen molar-refractivity contribution in [3.8, 4) is 0 Å². The lowest BCUT2D eigenvalue weighted by Gasteiger charge is -2.22. The second kappa shape index (κ2) is 5.63. The number of amides is 1. The smallest absolute Gasteiger partial charge is 0.329 e. The molecule has 2 fully saturated rings. The molecule has 1 amide bonds. The zero-order chi connectivity index (χ0) is 13.9. The van der Waals surface area contributed by atoms with Crippen LogP contribution in [0.25, 0.3) is 0 Å². The molecule has 2 aliphatic heterocycles. The molecular weight excluding hydrogens is 258 g/mol. The Hall–Kier alpha value is -1.88. The molecule has 0 aromatic heterocycles. The quantitative estimate of drug-likeness (QED) is 0.610. The lowest BCUT2D eigenvalue weighted by atomic mass is 10.2. The van der Waals surface area contributed by atoms with Crippen LogP contribution in [0.4, 0.5) is 0 Å². The van der Waals surface area contributed by atoms with Gasteiger partial charge in [0.1, 0.15) is 12.6 Å². The number of nitrogens with zero attached hydrogens (tertiary/aromatic N) is 1. The Kier molecular flexibility index (Phi) is 3.69. The molecule has 0 N–H and O–H groups in total. The van der Waals surface area contributed by atoms with E-state index in [1.807, 2.05) is 30.3 Å². The number of benzene rings is 1. The van der Waals surface area contributed by atoms with Crippen molar-refractivity contribution in [2.24, 2.45) is 0 Å². The van der Waals surface area contributed by atoms with Gasteiger partial charge >= 0.3 is 5.97 Å². The second-order valence-electron chi connectivity index (χ2n) is 5.10. The highest BCUT2D eigenvalue weighted by Gasteiger charge is 2.42. The molecule has 1 aromatic rings. The predicted molar refractivity (Wildman–Crippen MR) is 70.7 cm³/mol. The van der Waals surface area contributed by atoms with Gasteiger partial charge in [0.05, 0.1) is 6.61 Å². The fraction of sp³-hybridized carbons (Fsp3) is 0.467. The van der Waals surface area contributed by atoms with Gasteiger partial charge in [-0.15, -0.1) is 0 Å². The molecule has 106 valence electrons. The minimum Gasteiger partial charge on any atom is -0.459 e. The van der Waals surface area contributed by atoms with E-state index in [0.29, 0.717) is 19.6 Å². The van der Waals surface area contributed by atoms with E-state index in [4.69, 9.17) is 9.47 Å². The first-order valence-electron chi connectivity index (χ1n) is 6.88. The van der Waals surface area contributed by atoms with Crippen LogP contribution in [0.1, 0.15) is 18.4 Å². The van der Waals surface area contributed by atoms with Gasteiger partial charge in [-0.2, -0.15) is 0 Å². The van der Waals surface area contributed by atoms with E-state index in [0.717, 1.165) is 12.0 Å². The van der Waals surface area contributed by atoms with Gasteiger partial charge in [0.15, 0.2) is 6.10 Å². The average Bonchev–Trinajstić information content (AvgIpc) is 3.22. The van der Waals surface area contributed by atoms with Gasteiger partial charge < -0.3 is 14.4 Å². The third kappa shape index (κ3) is 2.82. The third-order valence-electron chi connectivity index (χ3n) is 3.64. The third-order valence-corrected chi connectivity index (χ3v) is 3.64. The standard InChI is InChI=1S/C15H17NO4/c17-14(13-10-19-13)16-8-4-7-12(16)15(18)20-9-11-5-2-1-3-6-11/h1-3,5-6,12-13H,4,7-10H2/t12?,13-/m1/s1. The number of epoxide rings is 1. The molecule has 20 heavy (non-hydrogen) atoms. The number of rotatable bonds is 4. The van der Waals surface area contributed by atoms with E-state index in [-0.39, 0.29) is 24.6 Å². The molecular formula is C15H17NO4. The van der Waals surface area contributed by atoms with Crippen molar-refractivity contribution >= 4 is 11.9 Å². The summed E-state index contributed by atoms with van der Waals surface area (Å²) in [5.74, 6) is -0.399. The van der Waals surface area contributed by atoms with Crippen molar-refractivity contribution in [1.29, 1.82) is 0 Å². The van der Waals surface area contributed by atoms with Gasteiger partial charge in [0.25, 0.3) is 5.91 Å². The normalized spacial score (nSPS) is 24.5. The minimum atomic E-state index is -0.449. The summed E-state index contributed by atoms with van der Waals surface area (Å²) in [6.45, 7) is 1.34. The van der Waals surface area contributed by atoms with Crippen LogP contribution in [-0.2, 0) is 25.7 Å². The Morgan fingerprint density at radius 2 is 2.05 bits per heavy atom. The van der Waals surface area contributed by atoms with Gasteiger partial charge in [-0.1, -0.05) is 30.3 Å². The molecule has 3 rings (SSSR count). The molecule has 0 radical (unpaired) electrons. The van der Waals surface area contributed by atoms with Crippen LogP contribution in [0.3, 0.4) is 0 Å². The van der Waals surface area contributed by atoms with Crippen molar-refractivity contribution in [2.45, 2.75) is 31.6 Å². The van der Waals surface area contributed by atoms with E-state index >= 15 is 0 Å². The average molecular weight is 275 g/mol. The number of ether oxygens (including phenoxy) is 2. The Labute approximate surface area is 117 Å². The number of carbonyl (C=O) groups is 2. The van der Waals surface area contributed by atoms with Crippen LogP contribution in [-0.4, -0.2) is 42.1 Å². The summed E-state index contributed by atoms with van der Waals surface area (Å²) in [7, 11) is 0. The van der Waals surface area contributed by atoms with Crippen molar-refractivity contribution in [3.63, 3.8) is 0 Å². The van der Waals surface area contributed by atoms with Crippen LogP contribution in [0, 0.1) is 0 Å². The highest BCUT2D eigenvalue weighted by atomic mass is 16.6. The van der Waals surface area contributed by atoms with E-state index in [9.17, 15) is 9.59 Å². The van der Waals surface area contributed by atoms with Crippen LogP contribution in [0.5, 0.6) is 0 Å². The van der Waals surface area contributed by atoms with Crippen molar-refractivity contribution in [1.82, 2.24) is 4.90 Å². The number of esters is 1. The Morgan fingerprint density at radius 1 is 1.30 bits per heavy atom. The summed E-state index contributed by atoms with van der Waals surface area (Å²) in [6, 6.07) is 9.08. The Morgan fingerprint density at radius 3 is 2.75 bits per heavy atom. The molecule has 0 spiro atoms. The molecule has 2 aliphatic rings. The summed E-state index contributed by atoms with van der Waals surface area (Å²) in [4.78, 5) is 25.7. The van der Waals surface area contributed by atoms with Gasteiger partial charge in [-0.25, -0.2) is 4.79 Å². The first-order chi connectivity index (χ1) is 9.75. The zero-order valence-electron chi connectivity index (χ0n) is 11.2. The number of carbonyl (C=O) groups excluding carboxylic acids is 2. The molecule has 5 heteroatoms. The Balaban J connectivity index is 1.57. The molecule has 0 bridgehead atoms. The minimum absolute atomic E-state index is 0.0795. The molecule has 2 heterocycles. The number of hydrogen-bond donors (Lipinski definition) is 0. The van der Waals surface area contributed by atoms with Gasteiger partial charge in [-0.3, -0.25) is 4.79 Å². The van der Waals surface area contributed by atoms with E-state index in [1.54, 1.807) is 4.90 Å². The number of hydrogen-bond acceptors (Lipinski definition) is 4. The van der Waals surface area contributed by atoms with E-state index in [1.165, 1.54) is 0 Å². The highest BCUT2D eigenvalue weighted by Crippen LogP contribution is 2.23. The summed E-state index contributed by atoms with van der Waals surface area (Å²) < 4.78 is 10.3. The second-order valence-corrected chi connectivity index (χ2v) is 5.10. The molecule has 2 atom stereocenters. The maximum atomic E-state index is 12.1. The summed E-state index contributed by atoms with van der Waals surface area (Å²) in [5, 5.41) is 0. The highest BCUT2D eigenvalue weighted by molar-refractivity contribution is 5.88. The maximum Gasteiger partial charge on any atom is 0.329 e. The summed E-state index contributed by atoms with van der Waals surface area (Å²) in [5.41, 5.74) is 0.947. The zero-order valence-corrected chi connectivity index (χ0v) is 11.2. The van der Waals surface area contributed by atoms with Gasteiger partial charge in [0, 0.05) is 6.54 Å². The molecule has 0 aliphatic carbocycles. The Bertz CT molecular complexity index is 498. The fourth-order valence-corrected chi connectivity index (χ4v) is 2.48. The summed E-state index contributed by atoms with van der Waals surface area (Å²) >= 11 is 0. The number of likely N-dealkylation sites (tertiary alicyclic amines) is 1. The first kappa shape index (κ1) is 13.1. The van der Waals surface area contributed by atoms with Crippen LogP contribution >= 0.6 is 0 Å². The van der Waals surface area contributed by atoms with Crippen LogP contribution in [0.2, 0.25) is 0 Å². The molecule has 5 nitrogen and oxygen atoms in total. The SMILES string of the molecule is O=C(OCc1ccccc1)C1CCCN1C(=O)[C@H]1CO1. The van der Waals surface area contributed by atoms with Gasteiger partial charge in [0.2, 0.25) is 0 Å². The monoisotopic (exact) mass is 275 g/mol. The van der Waals surface area contributed by atoms with Crippen molar-refractivity contribution < 1.29 is 19.1 Å². The van der Waals surface area contributed by atoms with E-state index < -0.39 is 6.04 Å². The lowest BCUT2D eigenvalue weighted by molar-refractivity contribution is -0.154. The van der Waals surface area contributed by atoms with Gasteiger partial charge in [-0.05, 0) is 18.4 Å². The van der Waals surface area contributed by atoms with E-state index in [2.05, 4.69) is 0 Å². The molecule has 2 saturated heterocycles. The predicted octanol–water partition coefficient (Wildman–Crippen LogP) is 1.12. The van der Waals surface area contributed by atoms with Crippen LogP contribution in [0.15, 0.2) is 30.3 Å². The fourth-order valence-electron chi connectivity index (χ4n) is 2.48. The molecule has 1 unspecified atom stereocenters. The van der Waals surface area contributed by atoms with Crippen molar-refractivity contribution in [3.05, 3.63) is 35.9 Å². The molecule has 1 aromatic carbocycles. The summed E-state index contributed by atoms with van der Waals surface area (Å²) in [6.07, 6.45) is 1.17. The first-order valence-corrected chi connectivity index (χ1v) is 6.88. The lowest BCUT2D eigenvalue weighted by Crippen LogP contribution is -2.43. The topological polar surface area (TPSA) is 59.1 Å².